The summed E-state index contributed by atoms with van der Waals surface area (Å²) in [7, 11) is 0. The summed E-state index contributed by atoms with van der Waals surface area (Å²) in [5.74, 6) is -0.476. The number of hydrogen-bond acceptors (Lipinski definition) is 1. The lowest BCUT2D eigenvalue weighted by Crippen LogP contribution is -1.86. The zero-order valence-corrected chi connectivity index (χ0v) is 8.44. The van der Waals surface area contributed by atoms with Crippen molar-refractivity contribution in [3.8, 4) is 0 Å². The Bertz CT molecular complexity index is 301. The van der Waals surface area contributed by atoms with Crippen LogP contribution in [0.1, 0.15) is 5.56 Å². The molecule has 1 rings (SSSR count). The van der Waals surface area contributed by atoms with Gasteiger partial charge in [-0.05, 0) is 6.07 Å². The highest BCUT2D eigenvalue weighted by Crippen LogP contribution is 2.15. The molecule has 0 N–H and O–H groups in total. The Kier molecular flexibility index (Phi) is 3.69. The van der Waals surface area contributed by atoms with E-state index < -0.39 is 5.82 Å². The lowest BCUT2D eigenvalue weighted by molar-refractivity contribution is 0.619. The number of nitrogens with zero attached hydrogens (tertiary/aromatic N) is 1. The first kappa shape index (κ1) is 9.68. The van der Waals surface area contributed by atoms with Crippen LogP contribution in [0.3, 0.4) is 0 Å². The second kappa shape index (κ2) is 4.58. The quantitative estimate of drug-likeness (QED) is 0.580. The molecule has 1 aromatic heterocycles. The van der Waals surface area contributed by atoms with Crippen molar-refractivity contribution < 1.29 is 4.39 Å². The zero-order chi connectivity index (χ0) is 8.97. The van der Waals surface area contributed by atoms with Gasteiger partial charge in [0, 0.05) is 17.1 Å². The predicted octanol–water partition coefficient (Wildman–Crippen LogP) is 3.28. The maximum atomic E-state index is 13.1. The van der Waals surface area contributed by atoms with Crippen molar-refractivity contribution in [1.29, 1.82) is 0 Å². The summed E-state index contributed by atoms with van der Waals surface area (Å²) in [5.41, 5.74) is 0.453. The van der Waals surface area contributed by atoms with Crippen LogP contribution in [0.2, 0.25) is 5.15 Å². The molecule has 1 aromatic rings. The molecule has 0 unspecified atom stereocenters. The van der Waals surface area contributed by atoms with Crippen LogP contribution in [-0.4, -0.2) is 10.3 Å². The third-order valence-electron chi connectivity index (χ3n) is 1.26. The molecule has 0 aliphatic carbocycles. The normalized spacial score (nSPS) is 10.9. The molecule has 0 amide bonds. The predicted molar refractivity (Wildman–Crippen MR) is 52.0 cm³/mol. The summed E-state index contributed by atoms with van der Waals surface area (Å²) < 4.78 is 13.1. The van der Waals surface area contributed by atoms with Gasteiger partial charge in [0.15, 0.2) is 11.0 Å². The van der Waals surface area contributed by atoms with Crippen molar-refractivity contribution in [3.05, 3.63) is 34.9 Å². The van der Waals surface area contributed by atoms with Gasteiger partial charge in [0.25, 0.3) is 0 Å². The number of rotatable bonds is 2. The standard InChI is InChI=1S/C8H6BrClFN/c9-4-1-2-6-3-5-12-8(10)7(6)11/h1-3,5H,4H2. The first-order chi connectivity index (χ1) is 5.75. The molecule has 0 radical (unpaired) electrons. The summed E-state index contributed by atoms with van der Waals surface area (Å²) in [6.07, 6.45) is 4.91. The fourth-order valence-electron chi connectivity index (χ4n) is 0.732. The van der Waals surface area contributed by atoms with Crippen molar-refractivity contribution in [2.75, 3.05) is 5.33 Å². The van der Waals surface area contributed by atoms with E-state index in [1.165, 1.54) is 6.20 Å². The number of allylic oxidation sites excluding steroid dienone is 1. The van der Waals surface area contributed by atoms with Crippen molar-refractivity contribution in [3.63, 3.8) is 0 Å². The first-order valence-electron chi connectivity index (χ1n) is 3.28. The van der Waals surface area contributed by atoms with Crippen LogP contribution >= 0.6 is 27.5 Å². The molecule has 0 aromatic carbocycles. The van der Waals surface area contributed by atoms with Crippen LogP contribution in [0, 0.1) is 5.82 Å². The molecule has 0 saturated heterocycles. The third-order valence-corrected chi connectivity index (χ3v) is 1.90. The summed E-state index contributed by atoms with van der Waals surface area (Å²) in [4.78, 5) is 3.59. The maximum absolute atomic E-state index is 13.1. The largest absolute Gasteiger partial charge is 0.242 e. The average molecular weight is 250 g/mol. The number of hydrogen-bond donors (Lipinski definition) is 0. The number of alkyl halides is 1. The second-order valence-corrected chi connectivity index (χ2v) is 3.07. The van der Waals surface area contributed by atoms with Crippen molar-refractivity contribution in [2.45, 2.75) is 0 Å². The fraction of sp³-hybridized carbons (Fsp3) is 0.125. The minimum atomic E-state index is -0.476. The Hall–Kier alpha value is -0.410. The van der Waals surface area contributed by atoms with Crippen molar-refractivity contribution in [1.82, 2.24) is 4.98 Å². The van der Waals surface area contributed by atoms with E-state index in [0.29, 0.717) is 10.9 Å². The van der Waals surface area contributed by atoms with Crippen LogP contribution < -0.4 is 0 Å². The molecule has 12 heavy (non-hydrogen) atoms. The number of halogens is 3. The van der Waals surface area contributed by atoms with Gasteiger partial charge in [0.05, 0.1) is 0 Å². The Labute approximate surface area is 83.4 Å². The van der Waals surface area contributed by atoms with Crippen molar-refractivity contribution >= 4 is 33.6 Å². The Morgan fingerprint density at radius 3 is 3.08 bits per heavy atom. The molecule has 0 aliphatic rings. The molecular weight excluding hydrogens is 244 g/mol. The molecule has 0 aliphatic heterocycles. The van der Waals surface area contributed by atoms with E-state index in [9.17, 15) is 4.39 Å². The topological polar surface area (TPSA) is 12.9 Å². The number of pyridine rings is 1. The van der Waals surface area contributed by atoms with Gasteiger partial charge in [0.2, 0.25) is 0 Å². The highest BCUT2D eigenvalue weighted by atomic mass is 79.9. The summed E-state index contributed by atoms with van der Waals surface area (Å²) in [6, 6.07) is 1.57. The van der Waals surface area contributed by atoms with E-state index in [1.807, 2.05) is 0 Å². The van der Waals surface area contributed by atoms with Crippen LogP contribution in [0.5, 0.6) is 0 Å². The monoisotopic (exact) mass is 249 g/mol. The van der Waals surface area contributed by atoms with Crippen LogP contribution in [0.4, 0.5) is 4.39 Å². The smallest absolute Gasteiger partial charge is 0.167 e. The molecule has 0 fully saturated rings. The van der Waals surface area contributed by atoms with E-state index in [-0.39, 0.29) is 5.15 Å². The molecule has 64 valence electrons. The third kappa shape index (κ3) is 2.29. The van der Waals surface area contributed by atoms with Gasteiger partial charge in [-0.1, -0.05) is 39.7 Å². The molecule has 1 nitrogen and oxygen atoms in total. The number of aromatic nitrogens is 1. The fourth-order valence-corrected chi connectivity index (χ4v) is 1.08. The van der Waals surface area contributed by atoms with Crippen LogP contribution in [0.15, 0.2) is 18.3 Å². The van der Waals surface area contributed by atoms with E-state index in [1.54, 1.807) is 18.2 Å². The van der Waals surface area contributed by atoms with Gasteiger partial charge in [0.1, 0.15) is 0 Å². The Morgan fingerprint density at radius 2 is 2.42 bits per heavy atom. The van der Waals surface area contributed by atoms with Crippen LogP contribution in [0.25, 0.3) is 6.08 Å². The van der Waals surface area contributed by atoms with Crippen LogP contribution in [-0.2, 0) is 0 Å². The highest BCUT2D eigenvalue weighted by Gasteiger charge is 2.03. The SMILES string of the molecule is Fc1c(C=CCBr)ccnc1Cl. The summed E-state index contributed by atoms with van der Waals surface area (Å²) in [6.45, 7) is 0. The van der Waals surface area contributed by atoms with E-state index >= 15 is 0 Å². The molecular formula is C8H6BrClFN. The van der Waals surface area contributed by atoms with E-state index in [0.717, 1.165) is 0 Å². The lowest BCUT2D eigenvalue weighted by atomic mass is 10.2. The second-order valence-electron chi connectivity index (χ2n) is 2.06. The Balaban J connectivity index is 3.00. The molecule has 1 heterocycles. The average Bonchev–Trinajstić information content (AvgIpc) is 2.08. The van der Waals surface area contributed by atoms with E-state index in [2.05, 4.69) is 20.9 Å². The van der Waals surface area contributed by atoms with Gasteiger partial charge in [-0.2, -0.15) is 0 Å². The molecule has 0 spiro atoms. The van der Waals surface area contributed by atoms with E-state index in [4.69, 9.17) is 11.6 Å². The van der Waals surface area contributed by atoms with Gasteiger partial charge >= 0.3 is 0 Å². The molecule has 4 heteroatoms. The summed E-state index contributed by atoms with van der Waals surface area (Å²) in [5, 5.41) is 0.596. The maximum Gasteiger partial charge on any atom is 0.167 e. The zero-order valence-electron chi connectivity index (χ0n) is 6.10. The molecule has 0 saturated carbocycles. The highest BCUT2D eigenvalue weighted by molar-refractivity contribution is 9.09. The first-order valence-corrected chi connectivity index (χ1v) is 4.78. The minimum Gasteiger partial charge on any atom is -0.242 e. The van der Waals surface area contributed by atoms with Gasteiger partial charge in [-0.3, -0.25) is 0 Å². The summed E-state index contributed by atoms with van der Waals surface area (Å²) >= 11 is 8.65. The van der Waals surface area contributed by atoms with Gasteiger partial charge < -0.3 is 0 Å². The van der Waals surface area contributed by atoms with Gasteiger partial charge in [-0.15, -0.1) is 0 Å². The van der Waals surface area contributed by atoms with Crippen molar-refractivity contribution in [2.24, 2.45) is 0 Å². The lowest BCUT2D eigenvalue weighted by Gasteiger charge is -1.96. The minimum absolute atomic E-state index is 0.0910. The van der Waals surface area contributed by atoms with Gasteiger partial charge in [-0.25, -0.2) is 9.37 Å². The molecule has 0 bridgehead atoms. The molecule has 0 atom stereocenters. The Morgan fingerprint density at radius 1 is 1.67 bits per heavy atom.